The highest BCUT2D eigenvalue weighted by Gasteiger charge is 2.18. The maximum absolute atomic E-state index is 14.0. The normalized spacial score (nSPS) is 10.3. The average molecular weight is 295 g/mol. The van der Waals surface area contributed by atoms with Crippen LogP contribution in [0.4, 0.5) is 24.7 Å². The highest BCUT2D eigenvalue weighted by Crippen LogP contribution is 2.21. The van der Waals surface area contributed by atoms with E-state index in [-0.39, 0.29) is 11.4 Å². The fourth-order valence-corrected chi connectivity index (χ4v) is 1.71. The molecule has 2 N–H and O–H groups in total. The minimum Gasteiger partial charge on any atom is -0.368 e. The second-order valence-electron chi connectivity index (χ2n) is 4.10. The van der Waals surface area contributed by atoms with E-state index in [9.17, 15) is 18.0 Å². The molecule has 1 amide bonds. The first-order valence-corrected chi connectivity index (χ1v) is 6.18. The molecule has 2 rings (SSSR count). The summed E-state index contributed by atoms with van der Waals surface area (Å²) in [6.07, 6.45) is 1.23. The zero-order chi connectivity index (χ0) is 15.4. The van der Waals surface area contributed by atoms with Gasteiger partial charge in [-0.15, -0.1) is 0 Å². The molecule has 0 atom stereocenters. The minimum atomic E-state index is -0.960. The highest BCUT2D eigenvalue weighted by atomic mass is 19.1. The van der Waals surface area contributed by atoms with Gasteiger partial charge in [-0.05, 0) is 25.1 Å². The van der Waals surface area contributed by atoms with Gasteiger partial charge in [-0.3, -0.25) is 4.79 Å². The van der Waals surface area contributed by atoms with E-state index in [0.29, 0.717) is 6.54 Å². The number of para-hydroxylation sites is 1. The Balaban J connectivity index is 2.31. The van der Waals surface area contributed by atoms with Crippen LogP contribution in [0.5, 0.6) is 0 Å². The van der Waals surface area contributed by atoms with Crippen LogP contribution in [0.15, 0.2) is 30.5 Å². The lowest BCUT2D eigenvalue weighted by molar-refractivity contribution is 0.102. The molecule has 0 unspecified atom stereocenters. The molecule has 0 saturated carbocycles. The Morgan fingerprint density at radius 3 is 2.48 bits per heavy atom. The standard InChI is InChI=1S/C14H12F3N3O/c1-2-18-13-11(17)8(6-7-19-13)14(21)20-12-9(15)4-3-5-10(12)16/h3-7H,2H2,1H3,(H,18,19)(H,20,21). The van der Waals surface area contributed by atoms with Crippen molar-refractivity contribution in [1.29, 1.82) is 0 Å². The SMILES string of the molecule is CCNc1nccc(C(=O)Nc2c(F)cccc2F)c1F. The first-order chi connectivity index (χ1) is 10.0. The van der Waals surface area contributed by atoms with E-state index < -0.39 is 29.0 Å². The Morgan fingerprint density at radius 1 is 1.19 bits per heavy atom. The van der Waals surface area contributed by atoms with Gasteiger partial charge in [0.05, 0.1) is 5.56 Å². The van der Waals surface area contributed by atoms with Crippen molar-refractivity contribution >= 4 is 17.4 Å². The van der Waals surface area contributed by atoms with E-state index in [2.05, 4.69) is 10.3 Å². The van der Waals surface area contributed by atoms with Gasteiger partial charge in [0, 0.05) is 12.7 Å². The molecule has 0 bridgehead atoms. The van der Waals surface area contributed by atoms with Crippen LogP contribution in [0.2, 0.25) is 0 Å². The number of carbonyl (C=O) groups is 1. The number of amides is 1. The Morgan fingerprint density at radius 2 is 1.86 bits per heavy atom. The van der Waals surface area contributed by atoms with Crippen LogP contribution >= 0.6 is 0 Å². The summed E-state index contributed by atoms with van der Waals surface area (Å²) in [5.41, 5.74) is -0.979. The van der Waals surface area contributed by atoms with Crippen LogP contribution in [0, 0.1) is 17.5 Å². The number of anilines is 2. The third-order valence-corrected chi connectivity index (χ3v) is 2.68. The molecule has 0 aliphatic heterocycles. The van der Waals surface area contributed by atoms with Gasteiger partial charge in [-0.25, -0.2) is 18.2 Å². The molecular formula is C14H12F3N3O. The van der Waals surface area contributed by atoms with Gasteiger partial charge in [-0.1, -0.05) is 6.07 Å². The van der Waals surface area contributed by atoms with Gasteiger partial charge in [0.25, 0.3) is 5.91 Å². The molecule has 2 aromatic rings. The Hall–Kier alpha value is -2.57. The lowest BCUT2D eigenvalue weighted by Crippen LogP contribution is -2.17. The number of halogens is 3. The van der Waals surface area contributed by atoms with Gasteiger partial charge in [0.2, 0.25) is 0 Å². The van der Waals surface area contributed by atoms with Gasteiger partial charge in [0.15, 0.2) is 11.6 Å². The van der Waals surface area contributed by atoms with Crippen molar-refractivity contribution in [1.82, 2.24) is 4.98 Å². The van der Waals surface area contributed by atoms with Gasteiger partial charge in [-0.2, -0.15) is 0 Å². The second kappa shape index (κ2) is 6.25. The molecule has 0 aliphatic carbocycles. The number of aromatic nitrogens is 1. The molecule has 0 spiro atoms. The maximum atomic E-state index is 14.0. The van der Waals surface area contributed by atoms with Crippen molar-refractivity contribution in [2.24, 2.45) is 0 Å². The molecule has 1 aromatic carbocycles. The van der Waals surface area contributed by atoms with E-state index in [1.165, 1.54) is 6.20 Å². The molecule has 0 radical (unpaired) electrons. The number of pyridine rings is 1. The Bertz CT molecular complexity index is 656. The topological polar surface area (TPSA) is 54.0 Å². The van der Waals surface area contributed by atoms with Crippen molar-refractivity contribution < 1.29 is 18.0 Å². The number of rotatable bonds is 4. The number of hydrogen-bond acceptors (Lipinski definition) is 3. The van der Waals surface area contributed by atoms with Crippen LogP contribution in [0.3, 0.4) is 0 Å². The van der Waals surface area contributed by atoms with Crippen molar-refractivity contribution in [3.05, 3.63) is 53.5 Å². The van der Waals surface area contributed by atoms with E-state index in [1.54, 1.807) is 6.92 Å². The molecule has 1 aromatic heterocycles. The third-order valence-electron chi connectivity index (χ3n) is 2.68. The van der Waals surface area contributed by atoms with Crippen LogP contribution < -0.4 is 10.6 Å². The molecule has 0 saturated heterocycles. The number of nitrogens with one attached hydrogen (secondary N) is 2. The molecule has 0 aliphatic rings. The lowest BCUT2D eigenvalue weighted by atomic mass is 10.2. The second-order valence-corrected chi connectivity index (χ2v) is 4.10. The zero-order valence-corrected chi connectivity index (χ0v) is 11.1. The third kappa shape index (κ3) is 3.13. The van der Waals surface area contributed by atoms with Crippen molar-refractivity contribution in [2.75, 3.05) is 17.2 Å². The monoisotopic (exact) mass is 295 g/mol. The fourth-order valence-electron chi connectivity index (χ4n) is 1.71. The molecule has 1 heterocycles. The summed E-state index contributed by atoms with van der Waals surface area (Å²) < 4.78 is 40.9. The van der Waals surface area contributed by atoms with E-state index in [1.807, 2.05) is 5.32 Å². The quantitative estimate of drug-likeness (QED) is 0.911. The summed E-state index contributed by atoms with van der Waals surface area (Å²) in [5, 5.41) is 4.66. The van der Waals surface area contributed by atoms with Gasteiger partial charge < -0.3 is 10.6 Å². The smallest absolute Gasteiger partial charge is 0.258 e. The largest absolute Gasteiger partial charge is 0.368 e. The molecule has 21 heavy (non-hydrogen) atoms. The van der Waals surface area contributed by atoms with Crippen LogP contribution in [-0.4, -0.2) is 17.4 Å². The Kier molecular flexibility index (Phi) is 4.42. The first-order valence-electron chi connectivity index (χ1n) is 6.18. The molecule has 7 heteroatoms. The summed E-state index contributed by atoms with van der Waals surface area (Å²) in [6, 6.07) is 4.28. The number of hydrogen-bond donors (Lipinski definition) is 2. The molecule has 110 valence electrons. The summed E-state index contributed by atoms with van der Waals surface area (Å²) in [4.78, 5) is 15.7. The Labute approximate surface area is 119 Å². The van der Waals surface area contributed by atoms with Gasteiger partial charge in [0.1, 0.15) is 17.3 Å². The number of nitrogens with zero attached hydrogens (tertiary/aromatic N) is 1. The summed E-state index contributed by atoms with van der Waals surface area (Å²) in [6.45, 7) is 2.15. The predicted octanol–water partition coefficient (Wildman–Crippen LogP) is 3.18. The lowest BCUT2D eigenvalue weighted by Gasteiger charge is -2.10. The molecule has 4 nitrogen and oxygen atoms in total. The van der Waals surface area contributed by atoms with Crippen molar-refractivity contribution in [3.8, 4) is 0 Å². The highest BCUT2D eigenvalue weighted by molar-refractivity contribution is 6.05. The van der Waals surface area contributed by atoms with Crippen LogP contribution in [-0.2, 0) is 0 Å². The van der Waals surface area contributed by atoms with Gasteiger partial charge >= 0.3 is 0 Å². The predicted molar refractivity (Wildman–Crippen MR) is 72.7 cm³/mol. The average Bonchev–Trinajstić information content (AvgIpc) is 2.45. The first kappa shape index (κ1) is 14.8. The van der Waals surface area contributed by atoms with E-state index in [4.69, 9.17) is 0 Å². The summed E-state index contributed by atoms with van der Waals surface area (Å²) in [5.74, 6) is -3.82. The zero-order valence-electron chi connectivity index (χ0n) is 11.1. The number of benzene rings is 1. The van der Waals surface area contributed by atoms with Crippen molar-refractivity contribution in [2.45, 2.75) is 6.92 Å². The van der Waals surface area contributed by atoms with E-state index >= 15 is 0 Å². The maximum Gasteiger partial charge on any atom is 0.258 e. The van der Waals surface area contributed by atoms with E-state index in [0.717, 1.165) is 24.3 Å². The van der Waals surface area contributed by atoms with Crippen molar-refractivity contribution in [3.63, 3.8) is 0 Å². The summed E-state index contributed by atoms with van der Waals surface area (Å²) >= 11 is 0. The summed E-state index contributed by atoms with van der Waals surface area (Å²) in [7, 11) is 0. The molecule has 0 fully saturated rings. The van der Waals surface area contributed by atoms with Crippen LogP contribution in [0.1, 0.15) is 17.3 Å². The minimum absolute atomic E-state index is 0.0980. The van der Waals surface area contributed by atoms with Crippen LogP contribution in [0.25, 0.3) is 0 Å². The number of carbonyl (C=O) groups excluding carboxylic acids is 1. The fraction of sp³-hybridized carbons (Fsp3) is 0.143. The molecular weight excluding hydrogens is 283 g/mol.